The molecule has 0 aliphatic heterocycles. The van der Waals surface area contributed by atoms with Gasteiger partial charge in [0.15, 0.2) is 5.69 Å². The standard InChI is InChI=1S/C8H7F6N3O2/c1-19-6(18)4-3(8(12,13)14)5(15)17(16-4)2-7(9,10)11/h2,15H2,1H3. The average molecular weight is 291 g/mol. The van der Waals surface area contributed by atoms with Gasteiger partial charge in [-0.05, 0) is 0 Å². The maximum atomic E-state index is 12.6. The van der Waals surface area contributed by atoms with Gasteiger partial charge in [-0.3, -0.25) is 0 Å². The van der Waals surface area contributed by atoms with Gasteiger partial charge < -0.3 is 10.5 Å². The summed E-state index contributed by atoms with van der Waals surface area (Å²) in [6, 6.07) is 0. The Balaban J connectivity index is 3.40. The third-order valence-corrected chi connectivity index (χ3v) is 1.98. The third kappa shape index (κ3) is 3.29. The number of carbonyl (C=O) groups excluding carboxylic acids is 1. The first-order valence-corrected chi connectivity index (χ1v) is 4.56. The lowest BCUT2D eigenvalue weighted by Crippen LogP contribution is -2.20. The van der Waals surface area contributed by atoms with E-state index in [1.165, 1.54) is 0 Å². The zero-order valence-electron chi connectivity index (χ0n) is 9.26. The van der Waals surface area contributed by atoms with Crippen LogP contribution in [0.25, 0.3) is 0 Å². The Hall–Kier alpha value is -1.94. The van der Waals surface area contributed by atoms with Crippen LogP contribution in [0.1, 0.15) is 16.1 Å². The van der Waals surface area contributed by atoms with E-state index in [9.17, 15) is 31.1 Å². The summed E-state index contributed by atoms with van der Waals surface area (Å²) in [6.07, 6.45) is -9.96. The summed E-state index contributed by atoms with van der Waals surface area (Å²) in [5.41, 5.74) is 1.91. The van der Waals surface area contributed by atoms with E-state index in [0.717, 1.165) is 7.11 Å². The summed E-state index contributed by atoms with van der Waals surface area (Å²) in [7, 11) is 0.765. The van der Waals surface area contributed by atoms with Crippen LogP contribution in [0, 0.1) is 0 Å². The highest BCUT2D eigenvalue weighted by molar-refractivity contribution is 5.90. The van der Waals surface area contributed by atoms with Crippen molar-refractivity contribution in [3.8, 4) is 0 Å². The first-order chi connectivity index (χ1) is 8.47. The van der Waals surface area contributed by atoms with Crippen LogP contribution in [0.5, 0.6) is 0 Å². The molecular weight excluding hydrogens is 284 g/mol. The molecule has 0 radical (unpaired) electrons. The predicted octanol–water partition coefficient (Wildman–Crippen LogP) is 1.83. The number of rotatable bonds is 2. The Morgan fingerprint density at radius 2 is 1.84 bits per heavy atom. The Bertz CT molecular complexity index is 490. The fraction of sp³-hybridized carbons (Fsp3) is 0.500. The molecule has 0 bridgehead atoms. The second kappa shape index (κ2) is 4.63. The SMILES string of the molecule is COC(=O)c1nn(CC(F)(F)F)c(N)c1C(F)(F)F. The summed E-state index contributed by atoms with van der Waals surface area (Å²) in [5.74, 6) is -2.83. The zero-order chi connectivity index (χ0) is 15.0. The van der Waals surface area contributed by atoms with Crippen molar-refractivity contribution in [3.05, 3.63) is 11.3 Å². The zero-order valence-corrected chi connectivity index (χ0v) is 9.26. The Morgan fingerprint density at radius 3 is 2.21 bits per heavy atom. The number of hydrogen-bond acceptors (Lipinski definition) is 4. The van der Waals surface area contributed by atoms with Crippen molar-refractivity contribution in [2.75, 3.05) is 12.8 Å². The van der Waals surface area contributed by atoms with Crippen molar-refractivity contribution in [3.63, 3.8) is 0 Å². The molecule has 5 nitrogen and oxygen atoms in total. The van der Waals surface area contributed by atoms with Crippen molar-refractivity contribution < 1.29 is 35.9 Å². The highest BCUT2D eigenvalue weighted by Gasteiger charge is 2.43. The number of methoxy groups -OCH3 is 1. The summed E-state index contributed by atoms with van der Waals surface area (Å²) in [4.78, 5) is 11.1. The summed E-state index contributed by atoms with van der Waals surface area (Å²) in [6.45, 7) is -1.85. The maximum Gasteiger partial charge on any atom is 0.422 e. The number of halogens is 6. The van der Waals surface area contributed by atoms with E-state index < -0.39 is 41.9 Å². The largest absolute Gasteiger partial charge is 0.464 e. The Kier molecular flexibility index (Phi) is 3.68. The molecule has 1 rings (SSSR count). The number of anilines is 1. The van der Waals surface area contributed by atoms with E-state index in [2.05, 4.69) is 9.84 Å². The number of ether oxygens (including phenoxy) is 1. The fourth-order valence-corrected chi connectivity index (χ4v) is 1.28. The molecule has 1 aromatic rings. The molecule has 1 aromatic heterocycles. The van der Waals surface area contributed by atoms with Crippen molar-refractivity contribution in [1.82, 2.24) is 9.78 Å². The Morgan fingerprint density at radius 1 is 1.32 bits per heavy atom. The van der Waals surface area contributed by atoms with Gasteiger partial charge in [-0.15, -0.1) is 0 Å². The molecule has 0 saturated heterocycles. The van der Waals surface area contributed by atoms with E-state index in [1.807, 2.05) is 0 Å². The molecule has 1 heterocycles. The van der Waals surface area contributed by atoms with Crippen LogP contribution in [-0.2, 0) is 17.5 Å². The average Bonchev–Trinajstić information content (AvgIpc) is 2.52. The minimum absolute atomic E-state index is 0.144. The lowest BCUT2D eigenvalue weighted by Gasteiger charge is -2.09. The Labute approximate surface area is 101 Å². The summed E-state index contributed by atoms with van der Waals surface area (Å²) in [5, 5.41) is 2.91. The normalized spacial score (nSPS) is 12.6. The van der Waals surface area contributed by atoms with E-state index in [1.54, 1.807) is 0 Å². The molecule has 0 atom stereocenters. The number of esters is 1. The molecule has 0 aromatic carbocycles. The number of aromatic nitrogens is 2. The van der Waals surface area contributed by atoms with Crippen LogP contribution in [0.3, 0.4) is 0 Å². The first-order valence-electron chi connectivity index (χ1n) is 4.56. The minimum Gasteiger partial charge on any atom is -0.464 e. The van der Waals surface area contributed by atoms with Crippen molar-refractivity contribution >= 4 is 11.8 Å². The number of hydrogen-bond donors (Lipinski definition) is 1. The maximum absolute atomic E-state index is 12.6. The second-order valence-electron chi connectivity index (χ2n) is 3.37. The number of nitrogen functional groups attached to an aromatic ring is 1. The fourth-order valence-electron chi connectivity index (χ4n) is 1.28. The number of nitrogens with zero attached hydrogens (tertiary/aromatic N) is 2. The third-order valence-electron chi connectivity index (χ3n) is 1.98. The van der Waals surface area contributed by atoms with Gasteiger partial charge in [-0.2, -0.15) is 31.4 Å². The smallest absolute Gasteiger partial charge is 0.422 e. The van der Waals surface area contributed by atoms with Gasteiger partial charge in [0.25, 0.3) is 0 Å². The lowest BCUT2D eigenvalue weighted by atomic mass is 10.2. The number of carbonyl (C=O) groups is 1. The van der Waals surface area contributed by atoms with Gasteiger partial charge in [0.05, 0.1) is 7.11 Å². The molecule has 11 heteroatoms. The summed E-state index contributed by atoms with van der Waals surface area (Å²) >= 11 is 0. The van der Waals surface area contributed by atoms with Crippen LogP contribution >= 0.6 is 0 Å². The van der Waals surface area contributed by atoms with Crippen molar-refractivity contribution in [1.29, 1.82) is 0 Å². The lowest BCUT2D eigenvalue weighted by molar-refractivity contribution is -0.143. The van der Waals surface area contributed by atoms with Crippen LogP contribution in [-0.4, -0.2) is 29.0 Å². The van der Waals surface area contributed by atoms with Crippen LogP contribution in [0.2, 0.25) is 0 Å². The first kappa shape index (κ1) is 15.1. The monoisotopic (exact) mass is 291 g/mol. The van der Waals surface area contributed by atoms with E-state index in [4.69, 9.17) is 5.73 Å². The molecule has 0 aliphatic rings. The highest BCUT2D eigenvalue weighted by atomic mass is 19.4. The summed E-state index contributed by atoms with van der Waals surface area (Å²) < 4.78 is 78.1. The van der Waals surface area contributed by atoms with Gasteiger partial charge in [-0.1, -0.05) is 0 Å². The van der Waals surface area contributed by atoms with Crippen molar-refractivity contribution in [2.24, 2.45) is 0 Å². The predicted molar refractivity (Wildman–Crippen MR) is 49.0 cm³/mol. The molecule has 0 aliphatic carbocycles. The highest BCUT2D eigenvalue weighted by Crippen LogP contribution is 2.37. The molecule has 0 unspecified atom stereocenters. The molecular formula is C8H7F6N3O2. The number of alkyl halides is 6. The van der Waals surface area contributed by atoms with Gasteiger partial charge in [0, 0.05) is 0 Å². The minimum atomic E-state index is -5.13. The topological polar surface area (TPSA) is 70.1 Å². The van der Waals surface area contributed by atoms with Gasteiger partial charge in [-0.25, -0.2) is 9.48 Å². The van der Waals surface area contributed by atoms with Gasteiger partial charge >= 0.3 is 18.3 Å². The molecule has 0 spiro atoms. The number of nitrogens with two attached hydrogens (primary N) is 1. The van der Waals surface area contributed by atoms with Crippen LogP contribution in [0.15, 0.2) is 0 Å². The molecule has 0 saturated carbocycles. The van der Waals surface area contributed by atoms with Gasteiger partial charge in [0.2, 0.25) is 0 Å². The molecule has 0 fully saturated rings. The molecule has 19 heavy (non-hydrogen) atoms. The molecule has 0 amide bonds. The quantitative estimate of drug-likeness (QED) is 0.666. The van der Waals surface area contributed by atoms with Crippen LogP contribution in [0.4, 0.5) is 32.2 Å². The van der Waals surface area contributed by atoms with Crippen LogP contribution < -0.4 is 5.73 Å². The molecule has 2 N–H and O–H groups in total. The van der Waals surface area contributed by atoms with E-state index in [-0.39, 0.29) is 4.68 Å². The van der Waals surface area contributed by atoms with Gasteiger partial charge in [0.1, 0.15) is 17.9 Å². The second-order valence-corrected chi connectivity index (χ2v) is 3.37. The molecule has 108 valence electrons. The van der Waals surface area contributed by atoms with E-state index in [0.29, 0.717) is 0 Å². The van der Waals surface area contributed by atoms with E-state index >= 15 is 0 Å². The van der Waals surface area contributed by atoms with Crippen molar-refractivity contribution in [2.45, 2.75) is 18.9 Å².